The van der Waals surface area contributed by atoms with Gasteiger partial charge in [-0.05, 0) is 56.2 Å². The largest absolute Gasteiger partial charge is 0.376 e. The minimum Gasteiger partial charge on any atom is -0.376 e. The third-order valence-corrected chi connectivity index (χ3v) is 3.87. The molecule has 2 atom stereocenters. The lowest BCUT2D eigenvalue weighted by molar-refractivity contribution is -0.0274. The molecule has 0 fully saturated rings. The summed E-state index contributed by atoms with van der Waals surface area (Å²) in [5.41, 5.74) is 11.9. The van der Waals surface area contributed by atoms with Crippen LogP contribution >= 0.6 is 0 Å². The SMILES string of the molecule is CCOC(C(N)Cc1c(C)cc(C)cc1C)C(C)(C)C. The van der Waals surface area contributed by atoms with E-state index in [4.69, 9.17) is 10.5 Å². The van der Waals surface area contributed by atoms with Crippen molar-refractivity contribution in [3.05, 3.63) is 34.4 Å². The summed E-state index contributed by atoms with van der Waals surface area (Å²) in [5, 5.41) is 0. The first-order valence-corrected chi connectivity index (χ1v) is 7.60. The van der Waals surface area contributed by atoms with E-state index in [1.54, 1.807) is 0 Å². The predicted molar refractivity (Wildman–Crippen MR) is 87.2 cm³/mol. The molecule has 0 aliphatic heterocycles. The molecule has 1 aromatic rings. The molecule has 0 saturated carbocycles. The van der Waals surface area contributed by atoms with Crippen LogP contribution < -0.4 is 5.73 Å². The first-order chi connectivity index (χ1) is 9.16. The van der Waals surface area contributed by atoms with Gasteiger partial charge in [-0.3, -0.25) is 0 Å². The number of rotatable bonds is 5. The molecule has 0 spiro atoms. The predicted octanol–water partition coefficient (Wildman–Crippen LogP) is 3.93. The third kappa shape index (κ3) is 4.32. The minimum absolute atomic E-state index is 0.0232. The van der Waals surface area contributed by atoms with Crippen LogP contribution in [-0.4, -0.2) is 18.8 Å². The van der Waals surface area contributed by atoms with Gasteiger partial charge in [0, 0.05) is 12.6 Å². The molecule has 0 aliphatic rings. The quantitative estimate of drug-likeness (QED) is 0.885. The van der Waals surface area contributed by atoms with E-state index in [-0.39, 0.29) is 17.6 Å². The second-order valence-corrected chi connectivity index (χ2v) is 6.99. The van der Waals surface area contributed by atoms with E-state index in [0.29, 0.717) is 6.61 Å². The lowest BCUT2D eigenvalue weighted by Gasteiger charge is -2.35. The highest BCUT2D eigenvalue weighted by atomic mass is 16.5. The van der Waals surface area contributed by atoms with Crippen molar-refractivity contribution in [3.8, 4) is 0 Å². The molecular formula is C18H31NO. The molecule has 0 heterocycles. The monoisotopic (exact) mass is 277 g/mol. The van der Waals surface area contributed by atoms with E-state index in [0.717, 1.165) is 6.42 Å². The van der Waals surface area contributed by atoms with E-state index >= 15 is 0 Å². The van der Waals surface area contributed by atoms with Gasteiger partial charge in [0.15, 0.2) is 0 Å². The number of ether oxygens (including phenoxy) is 1. The Labute approximate surface area is 124 Å². The molecule has 0 aliphatic carbocycles. The first-order valence-electron chi connectivity index (χ1n) is 7.60. The molecule has 20 heavy (non-hydrogen) atoms. The zero-order valence-electron chi connectivity index (χ0n) is 14.2. The molecule has 0 aromatic heterocycles. The van der Waals surface area contributed by atoms with Crippen molar-refractivity contribution < 1.29 is 4.74 Å². The van der Waals surface area contributed by atoms with E-state index < -0.39 is 0 Å². The molecule has 1 rings (SSSR count). The summed E-state index contributed by atoms with van der Waals surface area (Å²) in [4.78, 5) is 0. The Morgan fingerprint density at radius 1 is 1.10 bits per heavy atom. The summed E-state index contributed by atoms with van der Waals surface area (Å²) in [6.45, 7) is 15.8. The number of hydrogen-bond acceptors (Lipinski definition) is 2. The third-order valence-electron chi connectivity index (χ3n) is 3.87. The van der Waals surface area contributed by atoms with E-state index in [9.17, 15) is 0 Å². The zero-order valence-corrected chi connectivity index (χ0v) is 14.2. The van der Waals surface area contributed by atoms with E-state index in [2.05, 4.69) is 53.7 Å². The summed E-state index contributed by atoms with van der Waals surface area (Å²) >= 11 is 0. The van der Waals surface area contributed by atoms with Crippen molar-refractivity contribution in [2.45, 2.75) is 67.0 Å². The highest BCUT2D eigenvalue weighted by Crippen LogP contribution is 2.27. The Kier molecular flexibility index (Phi) is 5.79. The fraction of sp³-hybridized carbons (Fsp3) is 0.667. The average molecular weight is 277 g/mol. The summed E-state index contributed by atoms with van der Waals surface area (Å²) in [6, 6.07) is 4.50. The Morgan fingerprint density at radius 3 is 2.00 bits per heavy atom. The second kappa shape index (κ2) is 6.73. The smallest absolute Gasteiger partial charge is 0.0777 e. The van der Waals surface area contributed by atoms with Gasteiger partial charge < -0.3 is 10.5 Å². The summed E-state index contributed by atoms with van der Waals surface area (Å²) < 4.78 is 5.92. The summed E-state index contributed by atoms with van der Waals surface area (Å²) in [6.07, 6.45) is 0.951. The Morgan fingerprint density at radius 2 is 1.60 bits per heavy atom. The highest BCUT2D eigenvalue weighted by molar-refractivity contribution is 5.38. The number of hydrogen-bond donors (Lipinski definition) is 1. The number of aryl methyl sites for hydroxylation is 3. The molecule has 0 bridgehead atoms. The van der Waals surface area contributed by atoms with Gasteiger partial charge in [0.1, 0.15) is 0 Å². The van der Waals surface area contributed by atoms with Crippen LogP contribution in [0, 0.1) is 26.2 Å². The van der Waals surface area contributed by atoms with Crippen molar-refractivity contribution in [1.82, 2.24) is 0 Å². The normalized spacial score (nSPS) is 15.2. The second-order valence-electron chi connectivity index (χ2n) is 6.99. The highest BCUT2D eigenvalue weighted by Gasteiger charge is 2.31. The van der Waals surface area contributed by atoms with Gasteiger partial charge in [-0.15, -0.1) is 0 Å². The zero-order chi connectivity index (χ0) is 15.5. The van der Waals surface area contributed by atoms with Crippen LogP contribution in [0.5, 0.6) is 0 Å². The van der Waals surface area contributed by atoms with Crippen molar-refractivity contribution in [2.24, 2.45) is 11.1 Å². The van der Waals surface area contributed by atoms with Gasteiger partial charge in [0.25, 0.3) is 0 Å². The maximum atomic E-state index is 6.47. The van der Waals surface area contributed by atoms with Crippen LogP contribution in [0.3, 0.4) is 0 Å². The van der Waals surface area contributed by atoms with E-state index in [1.165, 1.54) is 22.3 Å². The number of benzene rings is 1. The summed E-state index contributed by atoms with van der Waals surface area (Å²) in [7, 11) is 0. The minimum atomic E-state index is 0.0232. The van der Waals surface area contributed by atoms with Crippen LogP contribution in [0.1, 0.15) is 49.9 Å². The Balaban J connectivity index is 2.97. The van der Waals surface area contributed by atoms with E-state index in [1.807, 2.05) is 6.92 Å². The molecule has 0 radical (unpaired) electrons. The first kappa shape index (κ1) is 17.2. The van der Waals surface area contributed by atoms with Gasteiger partial charge in [0.05, 0.1) is 6.10 Å². The molecule has 2 heteroatoms. The van der Waals surface area contributed by atoms with Crippen molar-refractivity contribution in [1.29, 1.82) is 0 Å². The molecule has 0 amide bonds. The molecule has 2 N–H and O–H groups in total. The summed E-state index contributed by atoms with van der Waals surface area (Å²) in [5.74, 6) is 0. The molecule has 2 unspecified atom stereocenters. The Hall–Kier alpha value is -0.860. The van der Waals surface area contributed by atoms with Gasteiger partial charge in [-0.25, -0.2) is 0 Å². The lowest BCUT2D eigenvalue weighted by Crippen LogP contribution is -2.46. The molecular weight excluding hydrogens is 246 g/mol. The van der Waals surface area contributed by atoms with Crippen molar-refractivity contribution >= 4 is 0 Å². The van der Waals surface area contributed by atoms with Gasteiger partial charge in [-0.2, -0.15) is 0 Å². The van der Waals surface area contributed by atoms with Crippen LogP contribution in [0.25, 0.3) is 0 Å². The standard InChI is InChI=1S/C18H31NO/c1-8-20-17(18(5,6)7)16(19)11-15-13(3)9-12(2)10-14(15)4/h9-10,16-17H,8,11,19H2,1-7H3. The van der Waals surface area contributed by atoms with Crippen LogP contribution in [-0.2, 0) is 11.2 Å². The fourth-order valence-electron chi connectivity index (χ4n) is 3.07. The molecule has 1 aromatic carbocycles. The molecule has 114 valence electrons. The van der Waals surface area contributed by atoms with Crippen LogP contribution in [0.15, 0.2) is 12.1 Å². The molecule has 0 saturated heterocycles. The topological polar surface area (TPSA) is 35.2 Å². The number of nitrogens with two attached hydrogens (primary N) is 1. The lowest BCUT2D eigenvalue weighted by atomic mass is 9.81. The molecule has 2 nitrogen and oxygen atoms in total. The van der Waals surface area contributed by atoms with Crippen molar-refractivity contribution in [3.63, 3.8) is 0 Å². The van der Waals surface area contributed by atoms with Gasteiger partial charge in [0.2, 0.25) is 0 Å². The fourth-order valence-corrected chi connectivity index (χ4v) is 3.07. The van der Waals surface area contributed by atoms with Gasteiger partial charge in [-0.1, -0.05) is 38.5 Å². The van der Waals surface area contributed by atoms with Crippen molar-refractivity contribution in [2.75, 3.05) is 6.61 Å². The maximum Gasteiger partial charge on any atom is 0.0777 e. The van der Waals surface area contributed by atoms with Crippen LogP contribution in [0.2, 0.25) is 0 Å². The van der Waals surface area contributed by atoms with Gasteiger partial charge >= 0.3 is 0 Å². The Bertz CT molecular complexity index is 422. The average Bonchev–Trinajstić information content (AvgIpc) is 2.28. The van der Waals surface area contributed by atoms with Crippen LogP contribution in [0.4, 0.5) is 0 Å². The maximum absolute atomic E-state index is 6.47.